The highest BCUT2D eigenvalue weighted by Crippen LogP contribution is 2.26. The number of methoxy groups -OCH3 is 1. The maximum absolute atomic E-state index is 5.34. The zero-order valence-electron chi connectivity index (χ0n) is 18.9. The molecule has 1 aromatic rings. The van der Waals surface area contributed by atoms with Crippen LogP contribution in [0, 0.1) is 0 Å². The van der Waals surface area contributed by atoms with Crippen molar-refractivity contribution in [2.24, 2.45) is 4.99 Å². The fourth-order valence-corrected chi connectivity index (χ4v) is 4.54. The molecule has 170 valence electrons. The van der Waals surface area contributed by atoms with E-state index in [1.54, 1.807) is 7.11 Å². The first kappa shape index (κ1) is 25.2. The first-order chi connectivity index (χ1) is 14.2. The molecule has 0 aromatic heterocycles. The van der Waals surface area contributed by atoms with Crippen molar-refractivity contribution < 1.29 is 4.74 Å². The third kappa shape index (κ3) is 7.27. The Morgan fingerprint density at radius 3 is 2.37 bits per heavy atom. The van der Waals surface area contributed by atoms with Crippen LogP contribution in [0.5, 0.6) is 5.75 Å². The molecule has 30 heavy (non-hydrogen) atoms. The van der Waals surface area contributed by atoms with Crippen LogP contribution in [-0.2, 0) is 0 Å². The Balaban J connectivity index is 0.00000320. The van der Waals surface area contributed by atoms with Gasteiger partial charge in [-0.05, 0) is 69.4 Å². The van der Waals surface area contributed by atoms with Crippen LogP contribution in [-0.4, -0.2) is 75.2 Å². The minimum Gasteiger partial charge on any atom is -0.497 e. The molecule has 0 spiro atoms. The van der Waals surface area contributed by atoms with Gasteiger partial charge in [0.05, 0.1) is 13.2 Å². The van der Waals surface area contributed by atoms with Crippen molar-refractivity contribution in [1.82, 2.24) is 20.4 Å². The number of hydrogen-bond donors (Lipinski definition) is 2. The number of benzene rings is 1. The number of nitrogens with one attached hydrogen (secondary N) is 2. The van der Waals surface area contributed by atoms with Crippen LogP contribution in [0.3, 0.4) is 0 Å². The molecule has 2 aliphatic rings. The number of halogens is 1. The predicted molar refractivity (Wildman–Crippen MR) is 136 cm³/mol. The Bertz CT molecular complexity index is 625. The third-order valence-corrected chi connectivity index (χ3v) is 6.24. The first-order valence-electron chi connectivity index (χ1n) is 11.3. The number of rotatable bonds is 8. The lowest BCUT2D eigenvalue weighted by molar-refractivity contribution is 0.206. The van der Waals surface area contributed by atoms with Crippen LogP contribution in [0.25, 0.3) is 0 Å². The first-order valence-corrected chi connectivity index (χ1v) is 11.3. The molecule has 2 aliphatic heterocycles. The maximum atomic E-state index is 5.34. The molecule has 0 aliphatic carbocycles. The van der Waals surface area contributed by atoms with E-state index in [1.165, 1.54) is 70.4 Å². The molecular formula is C23H40IN5O. The van der Waals surface area contributed by atoms with Gasteiger partial charge in [0.25, 0.3) is 0 Å². The number of ether oxygens (including phenoxy) is 1. The van der Waals surface area contributed by atoms with Gasteiger partial charge < -0.3 is 20.3 Å². The number of likely N-dealkylation sites (tertiary alicyclic amines) is 2. The molecule has 6 nitrogen and oxygen atoms in total. The van der Waals surface area contributed by atoms with E-state index in [9.17, 15) is 0 Å². The summed E-state index contributed by atoms with van der Waals surface area (Å²) in [6.45, 7) is 9.05. The number of guanidine groups is 1. The Morgan fingerprint density at radius 1 is 1.13 bits per heavy atom. The highest BCUT2D eigenvalue weighted by molar-refractivity contribution is 14.0. The van der Waals surface area contributed by atoms with Crippen molar-refractivity contribution in [1.29, 1.82) is 0 Å². The number of nitrogens with zero attached hydrogens (tertiary/aromatic N) is 3. The Hall–Kier alpha value is -1.06. The highest BCUT2D eigenvalue weighted by atomic mass is 127. The van der Waals surface area contributed by atoms with E-state index in [4.69, 9.17) is 4.74 Å². The molecule has 2 N–H and O–H groups in total. The van der Waals surface area contributed by atoms with Crippen LogP contribution in [0.4, 0.5) is 0 Å². The second kappa shape index (κ2) is 13.4. The fraction of sp³-hybridized carbons (Fsp3) is 0.696. The molecule has 1 unspecified atom stereocenters. The standard InChI is InChI=1S/C23H39N5O.HI/c1-4-13-27-16-11-20(12-17-27)26-23(24-2)25-18-22(28-14-5-6-15-28)19-7-9-21(29-3)10-8-19;/h7-10,20,22H,4-6,11-18H2,1-3H3,(H2,24,25,26);1H. The summed E-state index contributed by atoms with van der Waals surface area (Å²) >= 11 is 0. The van der Waals surface area contributed by atoms with Gasteiger partial charge >= 0.3 is 0 Å². The lowest BCUT2D eigenvalue weighted by atomic mass is 10.0. The van der Waals surface area contributed by atoms with Gasteiger partial charge in [-0.25, -0.2) is 0 Å². The van der Waals surface area contributed by atoms with Gasteiger partial charge in [0.15, 0.2) is 5.96 Å². The van der Waals surface area contributed by atoms with Gasteiger partial charge in [0.1, 0.15) is 5.75 Å². The minimum atomic E-state index is 0. The molecule has 7 heteroatoms. The second-order valence-electron chi connectivity index (χ2n) is 8.25. The average molecular weight is 530 g/mol. The van der Waals surface area contributed by atoms with Crippen LogP contribution >= 0.6 is 24.0 Å². The number of hydrogen-bond acceptors (Lipinski definition) is 4. The SMILES string of the molecule is CCCN1CCC(NC(=NC)NCC(c2ccc(OC)cc2)N2CCCC2)CC1.I. The molecule has 1 atom stereocenters. The maximum Gasteiger partial charge on any atom is 0.191 e. The van der Waals surface area contributed by atoms with Crippen molar-refractivity contribution in [2.75, 3.05) is 53.4 Å². The quantitative estimate of drug-likeness (QED) is 0.307. The summed E-state index contributed by atoms with van der Waals surface area (Å²) in [6, 6.07) is 9.39. The van der Waals surface area contributed by atoms with Crippen LogP contribution < -0.4 is 15.4 Å². The van der Waals surface area contributed by atoms with Gasteiger partial charge in [-0.2, -0.15) is 0 Å². The van der Waals surface area contributed by atoms with Crippen molar-refractivity contribution >= 4 is 29.9 Å². The smallest absolute Gasteiger partial charge is 0.191 e. The normalized spacial score (nSPS) is 19.9. The molecule has 0 radical (unpaired) electrons. The fourth-order valence-electron chi connectivity index (χ4n) is 4.54. The van der Waals surface area contributed by atoms with Crippen LogP contribution in [0.1, 0.15) is 50.6 Å². The van der Waals surface area contributed by atoms with Crippen molar-refractivity contribution in [3.05, 3.63) is 29.8 Å². The summed E-state index contributed by atoms with van der Waals surface area (Å²) in [7, 11) is 3.59. The summed E-state index contributed by atoms with van der Waals surface area (Å²) in [4.78, 5) is 9.66. The van der Waals surface area contributed by atoms with Crippen molar-refractivity contribution in [3.8, 4) is 5.75 Å². The zero-order chi connectivity index (χ0) is 20.5. The van der Waals surface area contributed by atoms with Crippen molar-refractivity contribution in [3.63, 3.8) is 0 Å². The Morgan fingerprint density at radius 2 is 1.80 bits per heavy atom. The molecule has 3 rings (SSSR count). The minimum absolute atomic E-state index is 0. The predicted octanol–water partition coefficient (Wildman–Crippen LogP) is 3.49. The second-order valence-corrected chi connectivity index (χ2v) is 8.25. The summed E-state index contributed by atoms with van der Waals surface area (Å²) in [5.41, 5.74) is 1.34. The summed E-state index contributed by atoms with van der Waals surface area (Å²) in [5.74, 6) is 1.84. The number of piperidine rings is 1. The molecule has 0 amide bonds. The van der Waals surface area contributed by atoms with Gasteiger partial charge in [-0.1, -0.05) is 19.1 Å². The van der Waals surface area contributed by atoms with E-state index in [-0.39, 0.29) is 24.0 Å². The number of aliphatic imine (C=N–C) groups is 1. The van der Waals surface area contributed by atoms with E-state index in [0.29, 0.717) is 12.1 Å². The lowest BCUT2D eigenvalue weighted by Crippen LogP contribution is -2.50. The van der Waals surface area contributed by atoms with Crippen LogP contribution in [0.15, 0.2) is 29.3 Å². The topological polar surface area (TPSA) is 52.1 Å². The van der Waals surface area contributed by atoms with Gasteiger partial charge in [0, 0.05) is 32.7 Å². The van der Waals surface area contributed by atoms with E-state index >= 15 is 0 Å². The average Bonchev–Trinajstić information content (AvgIpc) is 3.29. The zero-order valence-corrected chi connectivity index (χ0v) is 21.2. The van der Waals surface area contributed by atoms with E-state index < -0.39 is 0 Å². The van der Waals surface area contributed by atoms with Crippen molar-refractivity contribution in [2.45, 2.75) is 51.1 Å². The van der Waals surface area contributed by atoms with Gasteiger partial charge in [-0.3, -0.25) is 9.89 Å². The van der Waals surface area contributed by atoms with E-state index in [1.807, 2.05) is 7.05 Å². The molecule has 0 saturated carbocycles. The molecular weight excluding hydrogens is 489 g/mol. The monoisotopic (exact) mass is 529 g/mol. The summed E-state index contributed by atoms with van der Waals surface area (Å²) < 4.78 is 5.34. The molecule has 1 aromatic carbocycles. The molecule has 2 saturated heterocycles. The third-order valence-electron chi connectivity index (χ3n) is 6.24. The van der Waals surface area contributed by atoms with Gasteiger partial charge in [0.2, 0.25) is 0 Å². The van der Waals surface area contributed by atoms with Gasteiger partial charge in [-0.15, -0.1) is 24.0 Å². The summed E-state index contributed by atoms with van der Waals surface area (Å²) in [6.07, 6.45) is 6.19. The summed E-state index contributed by atoms with van der Waals surface area (Å²) in [5, 5.41) is 7.27. The highest BCUT2D eigenvalue weighted by Gasteiger charge is 2.24. The largest absolute Gasteiger partial charge is 0.497 e. The molecule has 2 heterocycles. The van der Waals surface area contributed by atoms with Crippen LogP contribution in [0.2, 0.25) is 0 Å². The van der Waals surface area contributed by atoms with E-state index in [2.05, 4.69) is 56.6 Å². The Kier molecular flexibility index (Phi) is 11.2. The van der Waals surface area contributed by atoms with E-state index in [0.717, 1.165) is 18.3 Å². The molecule has 0 bridgehead atoms. The lowest BCUT2D eigenvalue weighted by Gasteiger charge is -2.33. The molecule has 2 fully saturated rings. The Labute approximate surface area is 199 Å².